The molecule has 0 aromatic heterocycles. The third-order valence-corrected chi connectivity index (χ3v) is 4.35. The van der Waals surface area contributed by atoms with Crippen LogP contribution in [-0.4, -0.2) is 38.8 Å². The first-order valence-electron chi connectivity index (χ1n) is 8.65. The van der Waals surface area contributed by atoms with Crippen LogP contribution in [0.15, 0.2) is 42.5 Å². The highest BCUT2D eigenvalue weighted by Crippen LogP contribution is 2.19. The fourth-order valence-electron chi connectivity index (χ4n) is 2.94. The number of hydrogen-bond acceptors (Lipinski definition) is 4. The monoisotopic (exact) mass is 339 g/mol. The maximum absolute atomic E-state index is 12.1. The number of carbonyl (C=O) groups excluding carboxylic acids is 1. The average Bonchev–Trinajstić information content (AvgIpc) is 2.63. The van der Waals surface area contributed by atoms with Crippen molar-refractivity contribution in [2.75, 3.05) is 48.4 Å². The van der Waals surface area contributed by atoms with Gasteiger partial charge in [-0.05, 0) is 49.7 Å². The van der Waals surface area contributed by atoms with Crippen LogP contribution in [0, 0.1) is 13.8 Å². The number of rotatable bonds is 5. The molecule has 1 aliphatic heterocycles. The number of nitrogens with zero attached hydrogens (tertiary/aromatic N) is 1. The molecule has 1 heterocycles. The molecular weight excluding hydrogens is 314 g/mol. The summed E-state index contributed by atoms with van der Waals surface area (Å²) in [5.74, 6) is -0.0517. The van der Waals surface area contributed by atoms with Crippen LogP contribution in [0.1, 0.15) is 11.1 Å². The van der Waals surface area contributed by atoms with Gasteiger partial charge in [-0.15, -0.1) is 0 Å². The summed E-state index contributed by atoms with van der Waals surface area (Å²) in [5, 5.41) is 6.12. The summed E-state index contributed by atoms with van der Waals surface area (Å²) in [6, 6.07) is 14.2. The molecule has 132 valence electrons. The molecule has 0 spiro atoms. The highest BCUT2D eigenvalue weighted by molar-refractivity contribution is 5.94. The Morgan fingerprint density at radius 1 is 1.08 bits per heavy atom. The molecule has 1 amide bonds. The quantitative estimate of drug-likeness (QED) is 0.878. The van der Waals surface area contributed by atoms with E-state index in [1.807, 2.05) is 38.1 Å². The number of amides is 1. The van der Waals surface area contributed by atoms with Gasteiger partial charge in [-0.25, -0.2) is 0 Å². The minimum Gasteiger partial charge on any atom is -0.378 e. The maximum atomic E-state index is 12.1. The Labute approximate surface area is 149 Å². The molecule has 2 aromatic rings. The lowest BCUT2D eigenvalue weighted by Gasteiger charge is -2.28. The molecule has 5 nitrogen and oxygen atoms in total. The second-order valence-corrected chi connectivity index (χ2v) is 6.37. The van der Waals surface area contributed by atoms with Gasteiger partial charge in [0.2, 0.25) is 5.91 Å². The van der Waals surface area contributed by atoms with Crippen molar-refractivity contribution in [3.05, 3.63) is 53.6 Å². The van der Waals surface area contributed by atoms with Crippen molar-refractivity contribution < 1.29 is 9.53 Å². The molecular formula is C20H25N3O2. The van der Waals surface area contributed by atoms with E-state index < -0.39 is 0 Å². The van der Waals surface area contributed by atoms with Crippen LogP contribution >= 0.6 is 0 Å². The second kappa shape index (κ2) is 8.03. The van der Waals surface area contributed by atoms with E-state index in [1.54, 1.807) is 0 Å². The van der Waals surface area contributed by atoms with Crippen LogP contribution < -0.4 is 15.5 Å². The molecule has 0 atom stereocenters. The number of carbonyl (C=O) groups is 1. The van der Waals surface area contributed by atoms with E-state index in [4.69, 9.17) is 4.74 Å². The highest BCUT2D eigenvalue weighted by Gasteiger charge is 2.11. The smallest absolute Gasteiger partial charge is 0.243 e. The Morgan fingerprint density at radius 3 is 2.48 bits per heavy atom. The standard InChI is InChI=1S/C20H25N3O2/c1-15-3-8-19(16(2)13-15)22-20(24)14-21-17-4-6-18(7-5-17)23-9-11-25-12-10-23/h3-8,13,21H,9-12,14H2,1-2H3,(H,22,24). The van der Waals surface area contributed by atoms with Crippen LogP contribution in [0.2, 0.25) is 0 Å². The summed E-state index contributed by atoms with van der Waals surface area (Å²) < 4.78 is 5.38. The van der Waals surface area contributed by atoms with Crippen LogP contribution in [0.25, 0.3) is 0 Å². The third kappa shape index (κ3) is 4.73. The molecule has 1 fully saturated rings. The Kier molecular flexibility index (Phi) is 5.56. The van der Waals surface area contributed by atoms with Gasteiger partial charge in [-0.1, -0.05) is 17.7 Å². The van der Waals surface area contributed by atoms with E-state index in [2.05, 4.69) is 33.7 Å². The van der Waals surface area contributed by atoms with Crippen LogP contribution in [-0.2, 0) is 9.53 Å². The highest BCUT2D eigenvalue weighted by atomic mass is 16.5. The number of anilines is 3. The van der Waals surface area contributed by atoms with E-state index >= 15 is 0 Å². The summed E-state index contributed by atoms with van der Waals surface area (Å²) in [7, 11) is 0. The summed E-state index contributed by atoms with van der Waals surface area (Å²) >= 11 is 0. The van der Waals surface area contributed by atoms with Gasteiger partial charge >= 0.3 is 0 Å². The van der Waals surface area contributed by atoms with Crippen molar-refractivity contribution in [3.63, 3.8) is 0 Å². The molecule has 3 rings (SSSR count). The molecule has 0 radical (unpaired) electrons. The number of ether oxygens (including phenoxy) is 1. The van der Waals surface area contributed by atoms with Gasteiger partial charge in [0, 0.05) is 30.2 Å². The number of hydrogen-bond donors (Lipinski definition) is 2. The lowest BCUT2D eigenvalue weighted by Crippen LogP contribution is -2.36. The fraction of sp³-hybridized carbons (Fsp3) is 0.350. The molecule has 0 aliphatic carbocycles. The summed E-state index contributed by atoms with van der Waals surface area (Å²) in [6.45, 7) is 7.68. The predicted molar refractivity (Wildman–Crippen MR) is 103 cm³/mol. The van der Waals surface area contributed by atoms with Gasteiger partial charge in [-0.3, -0.25) is 4.79 Å². The largest absolute Gasteiger partial charge is 0.378 e. The summed E-state index contributed by atoms with van der Waals surface area (Å²) in [4.78, 5) is 14.4. The zero-order chi connectivity index (χ0) is 17.6. The topological polar surface area (TPSA) is 53.6 Å². The van der Waals surface area contributed by atoms with Gasteiger partial charge in [-0.2, -0.15) is 0 Å². The van der Waals surface area contributed by atoms with Gasteiger partial charge < -0.3 is 20.3 Å². The number of aryl methyl sites for hydroxylation is 2. The second-order valence-electron chi connectivity index (χ2n) is 6.37. The average molecular weight is 339 g/mol. The predicted octanol–water partition coefficient (Wildman–Crippen LogP) is 3.19. The molecule has 2 aromatic carbocycles. The van der Waals surface area contributed by atoms with Crippen molar-refractivity contribution >= 4 is 23.0 Å². The van der Waals surface area contributed by atoms with E-state index in [-0.39, 0.29) is 12.5 Å². The number of morpholine rings is 1. The molecule has 0 bridgehead atoms. The van der Waals surface area contributed by atoms with Crippen molar-refractivity contribution in [3.8, 4) is 0 Å². The van der Waals surface area contributed by atoms with Crippen molar-refractivity contribution in [2.45, 2.75) is 13.8 Å². The van der Waals surface area contributed by atoms with Crippen molar-refractivity contribution in [1.29, 1.82) is 0 Å². The molecule has 25 heavy (non-hydrogen) atoms. The lowest BCUT2D eigenvalue weighted by atomic mass is 10.1. The molecule has 1 saturated heterocycles. The van der Waals surface area contributed by atoms with E-state index in [9.17, 15) is 4.79 Å². The molecule has 2 N–H and O–H groups in total. The van der Waals surface area contributed by atoms with Gasteiger partial charge in [0.15, 0.2) is 0 Å². The first-order chi connectivity index (χ1) is 12.1. The van der Waals surface area contributed by atoms with Crippen LogP contribution in [0.3, 0.4) is 0 Å². The Bertz CT molecular complexity index is 722. The Hall–Kier alpha value is -2.53. The zero-order valence-electron chi connectivity index (χ0n) is 14.8. The minimum atomic E-state index is -0.0517. The Balaban J connectivity index is 1.51. The van der Waals surface area contributed by atoms with Gasteiger partial charge in [0.1, 0.15) is 0 Å². The molecule has 0 unspecified atom stereocenters. The zero-order valence-corrected chi connectivity index (χ0v) is 14.8. The normalized spacial score (nSPS) is 14.2. The number of nitrogens with one attached hydrogen (secondary N) is 2. The van der Waals surface area contributed by atoms with E-state index in [1.165, 1.54) is 11.3 Å². The third-order valence-electron chi connectivity index (χ3n) is 4.35. The Morgan fingerprint density at radius 2 is 1.80 bits per heavy atom. The maximum Gasteiger partial charge on any atom is 0.243 e. The first kappa shape index (κ1) is 17.3. The minimum absolute atomic E-state index is 0.0517. The first-order valence-corrected chi connectivity index (χ1v) is 8.65. The van der Waals surface area contributed by atoms with Gasteiger partial charge in [0.25, 0.3) is 0 Å². The summed E-state index contributed by atoms with van der Waals surface area (Å²) in [5.41, 5.74) is 5.25. The molecule has 1 aliphatic rings. The van der Waals surface area contributed by atoms with Crippen LogP contribution in [0.5, 0.6) is 0 Å². The molecule has 5 heteroatoms. The lowest BCUT2D eigenvalue weighted by molar-refractivity contribution is -0.114. The fourth-order valence-corrected chi connectivity index (χ4v) is 2.94. The van der Waals surface area contributed by atoms with E-state index in [0.717, 1.165) is 43.2 Å². The molecule has 0 saturated carbocycles. The van der Waals surface area contributed by atoms with Crippen molar-refractivity contribution in [2.24, 2.45) is 0 Å². The van der Waals surface area contributed by atoms with E-state index in [0.29, 0.717) is 0 Å². The SMILES string of the molecule is Cc1ccc(NC(=O)CNc2ccc(N3CCOCC3)cc2)c(C)c1. The van der Waals surface area contributed by atoms with Crippen LogP contribution in [0.4, 0.5) is 17.1 Å². The van der Waals surface area contributed by atoms with Crippen molar-refractivity contribution in [1.82, 2.24) is 0 Å². The number of benzene rings is 2. The van der Waals surface area contributed by atoms with Gasteiger partial charge in [0.05, 0.1) is 19.8 Å². The summed E-state index contributed by atoms with van der Waals surface area (Å²) in [6.07, 6.45) is 0.